The fourth-order valence-corrected chi connectivity index (χ4v) is 1.03. The van der Waals surface area contributed by atoms with E-state index in [-0.39, 0.29) is 0 Å². The standard InChI is InChI=1S/C8H17N3O4/c1-3-14-8(15-4-2)7(13)6(5-12)10-11-9/h6-8,12-13H,3-5H2,1-2H3/t6-,7+/m0/s1. The SMILES string of the molecule is CCOC(OCC)[C@H](O)[C@H](CO)N=[N+]=[N-]. The molecule has 0 aromatic rings. The maximum Gasteiger partial charge on any atom is 0.183 e. The molecule has 0 spiro atoms. The molecule has 0 saturated heterocycles. The number of nitrogens with zero attached hydrogens (tertiary/aromatic N) is 3. The molecule has 7 heteroatoms. The van der Waals surface area contributed by atoms with Gasteiger partial charge in [-0.05, 0) is 19.4 Å². The van der Waals surface area contributed by atoms with Crippen molar-refractivity contribution in [3.63, 3.8) is 0 Å². The third-order valence-corrected chi connectivity index (χ3v) is 1.72. The van der Waals surface area contributed by atoms with Gasteiger partial charge in [0.25, 0.3) is 0 Å². The summed E-state index contributed by atoms with van der Waals surface area (Å²) in [5.41, 5.74) is 8.21. The van der Waals surface area contributed by atoms with E-state index < -0.39 is 25.0 Å². The molecular formula is C8H17N3O4. The number of aliphatic hydroxyl groups excluding tert-OH is 2. The van der Waals surface area contributed by atoms with E-state index in [1.54, 1.807) is 13.8 Å². The molecule has 0 radical (unpaired) electrons. The first kappa shape index (κ1) is 14.2. The molecule has 15 heavy (non-hydrogen) atoms. The highest BCUT2D eigenvalue weighted by atomic mass is 16.7. The van der Waals surface area contributed by atoms with Gasteiger partial charge < -0.3 is 19.7 Å². The summed E-state index contributed by atoms with van der Waals surface area (Å²) in [6.45, 7) is 3.76. The van der Waals surface area contributed by atoms with Crippen LogP contribution in [0.1, 0.15) is 13.8 Å². The maximum absolute atomic E-state index is 9.69. The van der Waals surface area contributed by atoms with E-state index in [0.717, 1.165) is 0 Å². The second-order valence-electron chi connectivity index (χ2n) is 2.72. The lowest BCUT2D eigenvalue weighted by Crippen LogP contribution is -2.41. The van der Waals surface area contributed by atoms with E-state index in [4.69, 9.17) is 20.1 Å². The van der Waals surface area contributed by atoms with Gasteiger partial charge in [-0.2, -0.15) is 0 Å². The van der Waals surface area contributed by atoms with Gasteiger partial charge in [-0.15, -0.1) is 0 Å². The van der Waals surface area contributed by atoms with Crippen LogP contribution in [0, 0.1) is 0 Å². The van der Waals surface area contributed by atoms with Crippen molar-refractivity contribution < 1.29 is 19.7 Å². The van der Waals surface area contributed by atoms with Gasteiger partial charge in [0.15, 0.2) is 6.29 Å². The van der Waals surface area contributed by atoms with E-state index in [1.165, 1.54) is 0 Å². The van der Waals surface area contributed by atoms with Gasteiger partial charge in [0.1, 0.15) is 6.10 Å². The summed E-state index contributed by atoms with van der Waals surface area (Å²) in [7, 11) is 0. The summed E-state index contributed by atoms with van der Waals surface area (Å²) in [5.74, 6) is 0. The van der Waals surface area contributed by atoms with Crippen molar-refractivity contribution in [1.29, 1.82) is 0 Å². The number of ether oxygens (including phenoxy) is 2. The van der Waals surface area contributed by atoms with Gasteiger partial charge in [0, 0.05) is 18.1 Å². The normalized spacial score (nSPS) is 14.7. The second kappa shape index (κ2) is 8.46. The van der Waals surface area contributed by atoms with Gasteiger partial charge in [0.2, 0.25) is 0 Å². The number of rotatable bonds is 8. The molecule has 2 N–H and O–H groups in total. The quantitative estimate of drug-likeness (QED) is 0.267. The average molecular weight is 219 g/mol. The summed E-state index contributed by atoms with van der Waals surface area (Å²) in [4.78, 5) is 2.52. The Kier molecular flexibility index (Phi) is 7.98. The van der Waals surface area contributed by atoms with Crippen LogP contribution in [-0.4, -0.2) is 48.5 Å². The number of azide groups is 1. The molecule has 88 valence electrons. The van der Waals surface area contributed by atoms with Gasteiger partial charge in [-0.25, -0.2) is 0 Å². The second-order valence-corrected chi connectivity index (χ2v) is 2.72. The molecule has 0 aromatic heterocycles. The molecule has 0 aromatic carbocycles. The molecule has 7 nitrogen and oxygen atoms in total. The molecule has 0 fully saturated rings. The minimum absolute atomic E-state index is 0.357. The zero-order chi connectivity index (χ0) is 11.7. The average Bonchev–Trinajstić information content (AvgIpc) is 2.24. The molecule has 0 bridgehead atoms. The molecule has 2 atom stereocenters. The van der Waals surface area contributed by atoms with Crippen molar-refractivity contribution in [2.24, 2.45) is 5.11 Å². The highest BCUT2D eigenvalue weighted by molar-refractivity contribution is 4.78. The molecule has 0 saturated carbocycles. The molecule has 0 aliphatic heterocycles. The fraction of sp³-hybridized carbons (Fsp3) is 1.00. The zero-order valence-electron chi connectivity index (χ0n) is 8.91. The lowest BCUT2D eigenvalue weighted by atomic mass is 10.2. The van der Waals surface area contributed by atoms with Crippen LogP contribution in [0.5, 0.6) is 0 Å². The van der Waals surface area contributed by atoms with Crippen molar-refractivity contribution in [1.82, 2.24) is 0 Å². The van der Waals surface area contributed by atoms with Gasteiger partial charge in [-0.1, -0.05) is 5.11 Å². The molecule has 0 aliphatic carbocycles. The zero-order valence-corrected chi connectivity index (χ0v) is 8.91. The minimum atomic E-state index is -1.18. The predicted octanol–water partition coefficient (Wildman–Crippen LogP) is 0.418. The van der Waals surface area contributed by atoms with Crippen LogP contribution in [0.2, 0.25) is 0 Å². The largest absolute Gasteiger partial charge is 0.396 e. The highest BCUT2D eigenvalue weighted by Crippen LogP contribution is 2.09. The Bertz CT molecular complexity index is 202. The molecule has 0 heterocycles. The number of hydrogen-bond donors (Lipinski definition) is 2. The van der Waals surface area contributed by atoms with Gasteiger partial charge in [-0.3, -0.25) is 0 Å². The first-order chi connectivity index (χ1) is 7.21. The van der Waals surface area contributed by atoms with Crippen molar-refractivity contribution >= 4 is 0 Å². The smallest absolute Gasteiger partial charge is 0.183 e. The van der Waals surface area contributed by atoms with Crippen LogP contribution in [-0.2, 0) is 9.47 Å². The molecule has 0 rings (SSSR count). The summed E-state index contributed by atoms with van der Waals surface area (Å²) in [6, 6.07) is -0.960. The Hall–Kier alpha value is -0.850. The summed E-state index contributed by atoms with van der Waals surface area (Å²) >= 11 is 0. The first-order valence-electron chi connectivity index (χ1n) is 4.77. The molecule has 0 amide bonds. The molecule has 0 aliphatic rings. The third-order valence-electron chi connectivity index (χ3n) is 1.72. The summed E-state index contributed by atoms with van der Waals surface area (Å²) < 4.78 is 10.2. The van der Waals surface area contributed by atoms with Crippen molar-refractivity contribution in [2.45, 2.75) is 32.3 Å². The summed E-state index contributed by atoms with van der Waals surface area (Å²) in [6.07, 6.45) is -2.06. The van der Waals surface area contributed by atoms with Gasteiger partial charge in [0.05, 0.1) is 12.6 Å². The minimum Gasteiger partial charge on any atom is -0.396 e. The Morgan fingerprint density at radius 2 is 1.87 bits per heavy atom. The van der Waals surface area contributed by atoms with Crippen LogP contribution in [0.4, 0.5) is 0 Å². The lowest BCUT2D eigenvalue weighted by molar-refractivity contribution is -0.195. The molecule has 0 unspecified atom stereocenters. The Morgan fingerprint density at radius 3 is 2.20 bits per heavy atom. The molecular weight excluding hydrogens is 202 g/mol. The van der Waals surface area contributed by atoms with Crippen molar-refractivity contribution in [3.05, 3.63) is 10.4 Å². The number of hydrogen-bond acceptors (Lipinski definition) is 5. The van der Waals surface area contributed by atoms with E-state index >= 15 is 0 Å². The van der Waals surface area contributed by atoms with Crippen LogP contribution in [0.15, 0.2) is 5.11 Å². The van der Waals surface area contributed by atoms with Crippen LogP contribution in [0.25, 0.3) is 10.4 Å². The first-order valence-corrected chi connectivity index (χ1v) is 4.77. The van der Waals surface area contributed by atoms with Crippen molar-refractivity contribution in [2.75, 3.05) is 19.8 Å². The number of aliphatic hydroxyl groups is 2. The Labute approximate surface area is 88.2 Å². The summed E-state index contributed by atoms with van der Waals surface area (Å²) in [5, 5.41) is 21.8. The van der Waals surface area contributed by atoms with E-state index in [2.05, 4.69) is 10.0 Å². The van der Waals surface area contributed by atoms with Crippen LogP contribution < -0.4 is 0 Å². The van der Waals surface area contributed by atoms with Crippen LogP contribution >= 0.6 is 0 Å². The fourth-order valence-electron chi connectivity index (χ4n) is 1.03. The van der Waals surface area contributed by atoms with E-state index in [0.29, 0.717) is 13.2 Å². The lowest BCUT2D eigenvalue weighted by Gasteiger charge is -2.25. The monoisotopic (exact) mass is 219 g/mol. The Morgan fingerprint density at radius 1 is 1.33 bits per heavy atom. The maximum atomic E-state index is 9.69. The van der Waals surface area contributed by atoms with E-state index in [9.17, 15) is 5.11 Å². The Balaban J connectivity index is 4.42. The van der Waals surface area contributed by atoms with E-state index in [1.807, 2.05) is 0 Å². The topological polar surface area (TPSA) is 108 Å². The predicted molar refractivity (Wildman–Crippen MR) is 53.1 cm³/mol. The van der Waals surface area contributed by atoms with Crippen molar-refractivity contribution in [3.8, 4) is 0 Å². The van der Waals surface area contributed by atoms with Crippen LogP contribution in [0.3, 0.4) is 0 Å². The third kappa shape index (κ3) is 4.96. The highest BCUT2D eigenvalue weighted by Gasteiger charge is 2.27. The van der Waals surface area contributed by atoms with Gasteiger partial charge >= 0.3 is 0 Å².